The van der Waals surface area contributed by atoms with E-state index in [2.05, 4.69) is 26.6 Å². The van der Waals surface area contributed by atoms with Crippen LogP contribution in [-0.2, 0) is 28.8 Å². The molecule has 13 nitrogen and oxygen atoms in total. The van der Waals surface area contributed by atoms with Gasteiger partial charge in [-0.3, -0.25) is 28.8 Å². The van der Waals surface area contributed by atoms with E-state index in [1.165, 1.54) is 0 Å². The summed E-state index contributed by atoms with van der Waals surface area (Å²) in [5.41, 5.74) is 5.73. The van der Waals surface area contributed by atoms with Crippen molar-refractivity contribution in [2.45, 2.75) is 119 Å². The Bertz CT molecular complexity index is 1020. The van der Waals surface area contributed by atoms with E-state index in [-0.39, 0.29) is 98.0 Å². The maximum absolute atomic E-state index is 13.4. The fourth-order valence-electron chi connectivity index (χ4n) is 5.22. The van der Waals surface area contributed by atoms with E-state index in [0.29, 0.717) is 12.8 Å². The number of rotatable bonds is 23. The van der Waals surface area contributed by atoms with Gasteiger partial charge in [0.1, 0.15) is 0 Å². The molecule has 0 aliphatic carbocycles. The van der Waals surface area contributed by atoms with Crippen LogP contribution < -0.4 is 32.3 Å². The van der Waals surface area contributed by atoms with Gasteiger partial charge in [-0.25, -0.2) is 0 Å². The SMILES string of the molecule is CC(C)C[C@@H](CC(=O)O)NC(=O)[C@@H](C)CNC(=O)C[C@H](NC(=O)[C@H](CNC(=O)C[C@H](C)NC(=O)[C@H](CN)C(C)C)CC(C)C)C(C)C. The largest absolute Gasteiger partial charge is 0.481 e. The molecule has 0 aliphatic rings. The molecule has 0 aromatic rings. The molecule has 0 spiro atoms. The Morgan fingerprint density at radius 1 is 0.617 bits per heavy atom. The standard InChI is InChI=1S/C34H64N6O7/c1-19(2)11-25(18-37-29(41)13-24(10)38-34(47)27(16-35)21(5)6)33(46)40-28(22(7)8)15-30(42)36-17-23(9)32(45)39-26(12-20(3)4)14-31(43)44/h19-28H,11-18,35H2,1-10H3,(H,36,42)(H,37,41)(H,38,47)(H,39,45)(H,40,46)(H,43,44)/t23-,24-,25-,26-,27+,28-/m0/s1. The Kier molecular flexibility index (Phi) is 20.8. The van der Waals surface area contributed by atoms with Crippen LogP contribution in [0.2, 0.25) is 0 Å². The molecule has 13 heteroatoms. The summed E-state index contributed by atoms with van der Waals surface area (Å²) in [6.45, 7) is 19.3. The lowest BCUT2D eigenvalue weighted by molar-refractivity contribution is -0.138. The summed E-state index contributed by atoms with van der Waals surface area (Å²) < 4.78 is 0. The van der Waals surface area contributed by atoms with Gasteiger partial charge in [0.15, 0.2) is 0 Å². The summed E-state index contributed by atoms with van der Waals surface area (Å²) in [4.78, 5) is 75.3. The topological polar surface area (TPSA) is 209 Å². The third-order valence-corrected chi connectivity index (χ3v) is 8.06. The smallest absolute Gasteiger partial charge is 0.305 e. The van der Waals surface area contributed by atoms with E-state index < -0.39 is 35.9 Å². The number of carbonyl (C=O) groups is 6. The van der Waals surface area contributed by atoms with Crippen LogP contribution in [-0.4, -0.2) is 78.4 Å². The van der Waals surface area contributed by atoms with Crippen LogP contribution in [0, 0.1) is 41.4 Å². The first kappa shape index (κ1) is 43.8. The Labute approximate surface area is 282 Å². The molecule has 6 atom stereocenters. The van der Waals surface area contributed by atoms with Gasteiger partial charge in [-0.05, 0) is 43.4 Å². The van der Waals surface area contributed by atoms with E-state index in [0.717, 1.165) is 0 Å². The van der Waals surface area contributed by atoms with Crippen molar-refractivity contribution in [1.29, 1.82) is 0 Å². The third kappa shape index (κ3) is 19.3. The highest BCUT2D eigenvalue weighted by molar-refractivity contribution is 5.84. The molecule has 0 aliphatic heterocycles. The number of nitrogens with one attached hydrogen (secondary N) is 5. The summed E-state index contributed by atoms with van der Waals surface area (Å²) in [7, 11) is 0. The zero-order valence-electron chi connectivity index (χ0n) is 30.4. The number of hydrogen-bond acceptors (Lipinski definition) is 7. The maximum atomic E-state index is 13.4. The number of hydrogen-bond donors (Lipinski definition) is 7. The van der Waals surface area contributed by atoms with Gasteiger partial charge in [-0.15, -0.1) is 0 Å². The van der Waals surface area contributed by atoms with Crippen molar-refractivity contribution in [1.82, 2.24) is 26.6 Å². The molecule has 0 heterocycles. The lowest BCUT2D eigenvalue weighted by atomic mass is 9.94. The van der Waals surface area contributed by atoms with Crippen LogP contribution in [0.4, 0.5) is 0 Å². The summed E-state index contributed by atoms with van der Waals surface area (Å²) >= 11 is 0. The Morgan fingerprint density at radius 3 is 1.66 bits per heavy atom. The van der Waals surface area contributed by atoms with Crippen molar-refractivity contribution in [3.63, 3.8) is 0 Å². The minimum Gasteiger partial charge on any atom is -0.481 e. The fraction of sp³-hybridized carbons (Fsp3) is 0.824. The monoisotopic (exact) mass is 668 g/mol. The molecule has 8 N–H and O–H groups in total. The van der Waals surface area contributed by atoms with Crippen molar-refractivity contribution < 1.29 is 33.9 Å². The highest BCUT2D eigenvalue weighted by Gasteiger charge is 2.28. The number of aliphatic carboxylic acids is 1. The van der Waals surface area contributed by atoms with Gasteiger partial charge in [0.25, 0.3) is 0 Å². The van der Waals surface area contributed by atoms with Crippen molar-refractivity contribution in [3.05, 3.63) is 0 Å². The highest BCUT2D eigenvalue weighted by atomic mass is 16.4. The first-order valence-electron chi connectivity index (χ1n) is 17.1. The van der Waals surface area contributed by atoms with E-state index in [1.54, 1.807) is 13.8 Å². The fourth-order valence-corrected chi connectivity index (χ4v) is 5.22. The first-order valence-corrected chi connectivity index (χ1v) is 17.1. The zero-order chi connectivity index (χ0) is 36.4. The van der Waals surface area contributed by atoms with Gasteiger partial charge in [-0.1, -0.05) is 62.3 Å². The Hall–Kier alpha value is -3.22. The molecule has 0 aromatic carbocycles. The van der Waals surface area contributed by atoms with E-state index in [4.69, 9.17) is 10.8 Å². The van der Waals surface area contributed by atoms with Crippen molar-refractivity contribution in [2.75, 3.05) is 19.6 Å². The predicted octanol–water partition coefficient (Wildman–Crippen LogP) is 2.18. The quantitative estimate of drug-likeness (QED) is 0.0856. The second-order valence-corrected chi connectivity index (χ2v) is 14.5. The summed E-state index contributed by atoms with van der Waals surface area (Å²) in [6.07, 6.45) is 0.935. The van der Waals surface area contributed by atoms with Crippen molar-refractivity contribution in [2.24, 2.45) is 47.2 Å². The lowest BCUT2D eigenvalue weighted by Gasteiger charge is -2.26. The molecule has 0 aromatic heterocycles. The molecule has 0 saturated carbocycles. The van der Waals surface area contributed by atoms with Crippen LogP contribution >= 0.6 is 0 Å². The highest BCUT2D eigenvalue weighted by Crippen LogP contribution is 2.15. The second-order valence-electron chi connectivity index (χ2n) is 14.5. The molecular weight excluding hydrogens is 604 g/mol. The number of carbonyl (C=O) groups excluding carboxylic acids is 5. The second kappa shape index (κ2) is 22.4. The molecule has 0 fully saturated rings. The minimum absolute atomic E-state index is 0.00484. The molecular formula is C34H64N6O7. The van der Waals surface area contributed by atoms with Gasteiger partial charge in [-0.2, -0.15) is 0 Å². The first-order chi connectivity index (χ1) is 21.8. The van der Waals surface area contributed by atoms with Gasteiger partial charge in [0.2, 0.25) is 29.5 Å². The molecule has 0 saturated heterocycles. The van der Waals surface area contributed by atoms with Crippen LogP contribution in [0.3, 0.4) is 0 Å². The Balaban J connectivity index is 5.13. The summed E-state index contributed by atoms with van der Waals surface area (Å²) in [5.74, 6) is -3.45. The number of carboxylic acids is 1. The van der Waals surface area contributed by atoms with Crippen molar-refractivity contribution >= 4 is 35.5 Å². The third-order valence-electron chi connectivity index (χ3n) is 8.06. The average Bonchev–Trinajstić information content (AvgIpc) is 2.92. The summed E-state index contributed by atoms with van der Waals surface area (Å²) in [6, 6.07) is -1.38. The molecule has 47 heavy (non-hydrogen) atoms. The van der Waals surface area contributed by atoms with Crippen LogP contribution in [0.15, 0.2) is 0 Å². The summed E-state index contributed by atoms with van der Waals surface area (Å²) in [5, 5.41) is 23.4. The molecule has 0 bridgehead atoms. The van der Waals surface area contributed by atoms with E-state index in [9.17, 15) is 28.8 Å². The molecule has 5 amide bonds. The number of amides is 5. The van der Waals surface area contributed by atoms with Gasteiger partial charge in [0, 0.05) is 50.6 Å². The normalized spacial score (nSPS) is 15.4. The average molecular weight is 669 g/mol. The number of carboxylic acid groups (broad SMARTS) is 1. The van der Waals surface area contributed by atoms with Crippen molar-refractivity contribution in [3.8, 4) is 0 Å². The zero-order valence-corrected chi connectivity index (χ0v) is 30.4. The van der Waals surface area contributed by atoms with Gasteiger partial charge >= 0.3 is 5.97 Å². The van der Waals surface area contributed by atoms with Crippen LogP contribution in [0.5, 0.6) is 0 Å². The van der Waals surface area contributed by atoms with Gasteiger partial charge in [0.05, 0.1) is 24.2 Å². The minimum atomic E-state index is -0.991. The van der Waals surface area contributed by atoms with Crippen LogP contribution in [0.1, 0.15) is 101 Å². The maximum Gasteiger partial charge on any atom is 0.305 e. The van der Waals surface area contributed by atoms with Gasteiger partial charge < -0.3 is 37.4 Å². The molecule has 0 unspecified atom stereocenters. The molecule has 0 radical (unpaired) electrons. The van der Waals surface area contributed by atoms with E-state index >= 15 is 0 Å². The Morgan fingerprint density at radius 2 is 1.17 bits per heavy atom. The molecule has 0 rings (SSSR count). The predicted molar refractivity (Wildman–Crippen MR) is 183 cm³/mol. The number of nitrogens with two attached hydrogens (primary N) is 1. The lowest BCUT2D eigenvalue weighted by Crippen LogP contribution is -2.48. The van der Waals surface area contributed by atoms with E-state index in [1.807, 2.05) is 55.4 Å². The van der Waals surface area contributed by atoms with Crippen LogP contribution in [0.25, 0.3) is 0 Å². The molecule has 272 valence electrons.